The summed E-state index contributed by atoms with van der Waals surface area (Å²) in [4.78, 5) is 29.4. The first kappa shape index (κ1) is 17.8. The van der Waals surface area contributed by atoms with Gasteiger partial charge in [0, 0.05) is 30.9 Å². The number of nitrogens with zero attached hydrogens (tertiary/aromatic N) is 2. The average molecular weight is 344 g/mol. The lowest BCUT2D eigenvalue weighted by Gasteiger charge is -2.29. The van der Waals surface area contributed by atoms with E-state index in [-0.39, 0.29) is 11.9 Å². The quantitative estimate of drug-likeness (QED) is 0.786. The Kier molecular flexibility index (Phi) is 4.76. The van der Waals surface area contributed by atoms with Crippen molar-refractivity contribution < 1.29 is 14.3 Å². The number of rotatable bonds is 4. The fraction of sp³-hybridized carbons (Fsp3) is 0.600. The van der Waals surface area contributed by atoms with E-state index in [0.29, 0.717) is 13.0 Å². The number of hydrogen-bond donors (Lipinski definition) is 0. The van der Waals surface area contributed by atoms with Gasteiger partial charge in [-0.2, -0.15) is 0 Å². The van der Waals surface area contributed by atoms with Crippen molar-refractivity contribution in [2.75, 3.05) is 18.0 Å². The molecule has 5 heteroatoms. The zero-order valence-electron chi connectivity index (χ0n) is 15.7. The van der Waals surface area contributed by atoms with Gasteiger partial charge < -0.3 is 14.5 Å². The zero-order chi connectivity index (χ0) is 18.2. The van der Waals surface area contributed by atoms with Gasteiger partial charge in [0.15, 0.2) is 0 Å². The minimum absolute atomic E-state index is 0.0613. The summed E-state index contributed by atoms with van der Waals surface area (Å²) in [6.45, 7) is 10.0. The Balaban J connectivity index is 1.80. The number of amides is 1. The Labute approximate surface area is 149 Å². The summed E-state index contributed by atoms with van der Waals surface area (Å²) < 4.78 is 5.51. The fourth-order valence-electron chi connectivity index (χ4n) is 3.62. The van der Waals surface area contributed by atoms with Gasteiger partial charge in [-0.15, -0.1) is 0 Å². The molecule has 0 unspecified atom stereocenters. The van der Waals surface area contributed by atoms with Crippen molar-refractivity contribution in [3.05, 3.63) is 29.3 Å². The molecule has 0 radical (unpaired) electrons. The SMILES string of the molecule is CC[C@@H](C(=O)OC(C)(C)C)N1Cc2ccc(N3CCCC3)cc2C1=O. The van der Waals surface area contributed by atoms with Crippen LogP contribution in [0.25, 0.3) is 0 Å². The predicted molar refractivity (Wildman–Crippen MR) is 97.7 cm³/mol. The second kappa shape index (κ2) is 6.70. The van der Waals surface area contributed by atoms with Crippen LogP contribution in [-0.4, -0.2) is 41.5 Å². The van der Waals surface area contributed by atoms with Crippen molar-refractivity contribution in [1.82, 2.24) is 4.90 Å². The maximum absolute atomic E-state index is 12.9. The molecule has 3 rings (SSSR count). The number of fused-ring (bicyclic) bond motifs is 1. The van der Waals surface area contributed by atoms with Crippen molar-refractivity contribution in [2.45, 2.75) is 65.1 Å². The summed E-state index contributed by atoms with van der Waals surface area (Å²) in [5.74, 6) is -0.385. The zero-order valence-corrected chi connectivity index (χ0v) is 15.7. The third-order valence-electron chi connectivity index (χ3n) is 4.84. The first-order valence-electron chi connectivity index (χ1n) is 9.22. The highest BCUT2D eigenvalue weighted by atomic mass is 16.6. The molecule has 25 heavy (non-hydrogen) atoms. The number of carbonyl (C=O) groups excluding carboxylic acids is 2. The summed E-state index contributed by atoms with van der Waals surface area (Å²) in [6, 6.07) is 5.58. The molecule has 0 spiro atoms. The summed E-state index contributed by atoms with van der Waals surface area (Å²) >= 11 is 0. The van der Waals surface area contributed by atoms with Crippen molar-refractivity contribution >= 4 is 17.6 Å². The molecule has 1 saturated heterocycles. The minimum atomic E-state index is -0.553. The summed E-state index contributed by atoms with van der Waals surface area (Å²) in [5.41, 5.74) is 2.28. The molecule has 0 N–H and O–H groups in total. The maximum atomic E-state index is 12.9. The van der Waals surface area contributed by atoms with E-state index in [0.717, 1.165) is 29.9 Å². The number of ether oxygens (including phenoxy) is 1. The van der Waals surface area contributed by atoms with Crippen molar-refractivity contribution in [1.29, 1.82) is 0 Å². The van der Waals surface area contributed by atoms with Gasteiger partial charge >= 0.3 is 5.97 Å². The maximum Gasteiger partial charge on any atom is 0.329 e. The Morgan fingerprint density at radius 1 is 1.24 bits per heavy atom. The van der Waals surface area contributed by atoms with E-state index < -0.39 is 11.6 Å². The first-order chi connectivity index (χ1) is 11.8. The second-order valence-corrected chi connectivity index (χ2v) is 7.93. The molecule has 1 atom stereocenters. The van der Waals surface area contributed by atoms with E-state index in [2.05, 4.69) is 11.0 Å². The lowest BCUT2D eigenvalue weighted by molar-refractivity contribution is -0.160. The number of esters is 1. The molecule has 2 heterocycles. The third-order valence-corrected chi connectivity index (χ3v) is 4.84. The van der Waals surface area contributed by atoms with Crippen LogP contribution in [0, 0.1) is 0 Å². The Morgan fingerprint density at radius 3 is 2.52 bits per heavy atom. The Morgan fingerprint density at radius 2 is 1.92 bits per heavy atom. The van der Waals surface area contributed by atoms with Crippen molar-refractivity contribution in [3.8, 4) is 0 Å². The van der Waals surface area contributed by atoms with Crippen molar-refractivity contribution in [3.63, 3.8) is 0 Å². The molecule has 136 valence electrons. The number of benzene rings is 1. The number of carbonyl (C=O) groups is 2. The molecule has 1 aromatic rings. The molecule has 2 aliphatic rings. The van der Waals surface area contributed by atoms with Crippen LogP contribution in [0.15, 0.2) is 18.2 Å². The fourth-order valence-corrected chi connectivity index (χ4v) is 3.62. The molecule has 0 aromatic heterocycles. The van der Waals surface area contributed by atoms with Crippen LogP contribution in [0.2, 0.25) is 0 Å². The third kappa shape index (κ3) is 3.65. The van der Waals surface area contributed by atoms with E-state index in [1.165, 1.54) is 12.8 Å². The van der Waals surface area contributed by atoms with E-state index in [1.54, 1.807) is 4.90 Å². The van der Waals surface area contributed by atoms with Gasteiger partial charge in [0.05, 0.1) is 0 Å². The van der Waals surface area contributed by atoms with Crippen LogP contribution in [0.4, 0.5) is 5.69 Å². The highest BCUT2D eigenvalue weighted by Crippen LogP contribution is 2.31. The molecule has 0 bridgehead atoms. The van der Waals surface area contributed by atoms with Crippen LogP contribution in [0.3, 0.4) is 0 Å². The highest BCUT2D eigenvalue weighted by Gasteiger charge is 2.37. The van der Waals surface area contributed by atoms with Gasteiger partial charge in [-0.25, -0.2) is 4.79 Å². The highest BCUT2D eigenvalue weighted by molar-refractivity contribution is 6.01. The van der Waals surface area contributed by atoms with Crippen LogP contribution >= 0.6 is 0 Å². The van der Waals surface area contributed by atoms with E-state index >= 15 is 0 Å². The average Bonchev–Trinajstić information content (AvgIpc) is 3.16. The van der Waals surface area contributed by atoms with Gasteiger partial charge in [0.1, 0.15) is 11.6 Å². The molecule has 1 fully saturated rings. The smallest absolute Gasteiger partial charge is 0.329 e. The normalized spacial score (nSPS) is 18.5. The summed E-state index contributed by atoms with van der Waals surface area (Å²) in [7, 11) is 0. The van der Waals surface area contributed by atoms with Gasteiger partial charge in [-0.1, -0.05) is 13.0 Å². The number of anilines is 1. The lowest BCUT2D eigenvalue weighted by Crippen LogP contribution is -2.44. The lowest BCUT2D eigenvalue weighted by atomic mass is 10.1. The van der Waals surface area contributed by atoms with Gasteiger partial charge in [0.2, 0.25) is 0 Å². The van der Waals surface area contributed by atoms with Gasteiger partial charge in [-0.3, -0.25) is 4.79 Å². The molecule has 2 aliphatic heterocycles. The van der Waals surface area contributed by atoms with Crippen molar-refractivity contribution in [2.24, 2.45) is 0 Å². The second-order valence-electron chi connectivity index (χ2n) is 7.93. The van der Waals surface area contributed by atoms with E-state index in [1.807, 2.05) is 39.8 Å². The first-order valence-corrected chi connectivity index (χ1v) is 9.22. The van der Waals surface area contributed by atoms with Gasteiger partial charge in [0.25, 0.3) is 5.91 Å². The summed E-state index contributed by atoms with van der Waals surface area (Å²) in [5, 5.41) is 0. The Hall–Kier alpha value is -2.04. The largest absolute Gasteiger partial charge is 0.458 e. The molecule has 0 saturated carbocycles. The number of hydrogen-bond acceptors (Lipinski definition) is 4. The van der Waals surface area contributed by atoms with E-state index in [9.17, 15) is 9.59 Å². The van der Waals surface area contributed by atoms with Crippen LogP contribution < -0.4 is 4.90 Å². The monoisotopic (exact) mass is 344 g/mol. The predicted octanol–water partition coefficient (Wildman–Crippen LogP) is 3.36. The van der Waals surface area contributed by atoms with E-state index in [4.69, 9.17) is 4.74 Å². The molecular weight excluding hydrogens is 316 g/mol. The van der Waals surface area contributed by atoms with Gasteiger partial charge in [-0.05, 0) is 57.7 Å². The molecular formula is C20H28N2O3. The Bertz CT molecular complexity index is 672. The molecule has 5 nitrogen and oxygen atoms in total. The topological polar surface area (TPSA) is 49.9 Å². The minimum Gasteiger partial charge on any atom is -0.458 e. The molecule has 0 aliphatic carbocycles. The van der Waals surface area contributed by atoms with Crippen LogP contribution in [-0.2, 0) is 16.1 Å². The van der Waals surface area contributed by atoms with Crippen LogP contribution in [0.1, 0.15) is 62.9 Å². The standard InChI is InChI=1S/C20H28N2O3/c1-5-17(19(24)25-20(2,3)4)22-13-14-8-9-15(12-16(14)18(22)23)21-10-6-7-11-21/h8-9,12,17H,5-7,10-11,13H2,1-4H3/t17-/m0/s1. The summed E-state index contributed by atoms with van der Waals surface area (Å²) in [6.07, 6.45) is 2.95. The molecule has 1 amide bonds. The van der Waals surface area contributed by atoms with Crippen LogP contribution in [0.5, 0.6) is 0 Å². The molecule has 1 aromatic carbocycles.